The van der Waals surface area contributed by atoms with Gasteiger partial charge in [0.15, 0.2) is 0 Å². The number of pyridine rings is 1. The molecule has 0 bridgehead atoms. The van der Waals surface area contributed by atoms with Crippen molar-refractivity contribution in [3.8, 4) is 0 Å². The van der Waals surface area contributed by atoms with Crippen LogP contribution < -0.4 is 5.56 Å². The Hall–Kier alpha value is -0.560. The average molecular weight is 328 g/mol. The molecule has 1 N–H and O–H groups in total. The number of halogens is 2. The largest absolute Gasteiger partial charge is 0.462 e. The maximum absolute atomic E-state index is 11.3. The Balaban J connectivity index is 3.18. The number of carbonyl (C=O) groups is 1. The van der Waals surface area contributed by atoms with Crippen LogP contribution in [0.1, 0.15) is 17.3 Å². The SMILES string of the molecule is CCOC(=O)c1c[nH]c(=O)c(I)c1Cl. The van der Waals surface area contributed by atoms with Crippen molar-refractivity contribution < 1.29 is 9.53 Å². The van der Waals surface area contributed by atoms with Crippen LogP contribution in [0.5, 0.6) is 0 Å². The van der Waals surface area contributed by atoms with Gasteiger partial charge in [-0.15, -0.1) is 0 Å². The average Bonchev–Trinajstić information content (AvgIpc) is 2.15. The van der Waals surface area contributed by atoms with Crippen LogP contribution in [-0.4, -0.2) is 17.6 Å². The van der Waals surface area contributed by atoms with E-state index in [0.29, 0.717) is 0 Å². The fourth-order valence-corrected chi connectivity index (χ4v) is 1.50. The van der Waals surface area contributed by atoms with Crippen molar-refractivity contribution in [2.45, 2.75) is 6.92 Å². The lowest BCUT2D eigenvalue weighted by Gasteiger charge is -2.03. The summed E-state index contributed by atoms with van der Waals surface area (Å²) in [7, 11) is 0. The summed E-state index contributed by atoms with van der Waals surface area (Å²) in [6, 6.07) is 0. The highest BCUT2D eigenvalue weighted by Gasteiger charge is 2.15. The number of aromatic nitrogens is 1. The molecule has 0 aromatic carbocycles. The van der Waals surface area contributed by atoms with Crippen molar-refractivity contribution in [2.24, 2.45) is 0 Å². The summed E-state index contributed by atoms with van der Waals surface area (Å²) in [5.74, 6) is -0.535. The molecule has 6 heteroatoms. The highest BCUT2D eigenvalue weighted by Crippen LogP contribution is 2.19. The van der Waals surface area contributed by atoms with Gasteiger partial charge in [-0.25, -0.2) is 4.79 Å². The number of aromatic amines is 1. The maximum atomic E-state index is 11.3. The highest BCUT2D eigenvalue weighted by atomic mass is 127. The first-order valence-electron chi connectivity index (χ1n) is 3.81. The minimum Gasteiger partial charge on any atom is -0.462 e. The monoisotopic (exact) mass is 327 g/mol. The molecule has 1 heterocycles. The van der Waals surface area contributed by atoms with E-state index in [2.05, 4.69) is 4.98 Å². The third kappa shape index (κ3) is 2.27. The van der Waals surface area contributed by atoms with E-state index in [1.54, 1.807) is 29.5 Å². The topological polar surface area (TPSA) is 59.2 Å². The van der Waals surface area contributed by atoms with E-state index in [1.165, 1.54) is 6.20 Å². The minimum atomic E-state index is -0.535. The fourth-order valence-electron chi connectivity index (χ4n) is 0.840. The van der Waals surface area contributed by atoms with Gasteiger partial charge < -0.3 is 9.72 Å². The van der Waals surface area contributed by atoms with Gasteiger partial charge in [0.1, 0.15) is 0 Å². The van der Waals surface area contributed by atoms with Crippen LogP contribution in [0.2, 0.25) is 5.02 Å². The number of nitrogens with one attached hydrogen (secondary N) is 1. The van der Waals surface area contributed by atoms with Gasteiger partial charge in [0.25, 0.3) is 5.56 Å². The molecule has 0 radical (unpaired) electrons. The van der Waals surface area contributed by atoms with Crippen molar-refractivity contribution in [3.63, 3.8) is 0 Å². The quantitative estimate of drug-likeness (QED) is 0.666. The molecule has 0 spiro atoms. The van der Waals surface area contributed by atoms with Crippen LogP contribution in [0.15, 0.2) is 11.0 Å². The molecule has 76 valence electrons. The van der Waals surface area contributed by atoms with E-state index >= 15 is 0 Å². The second kappa shape index (κ2) is 4.79. The third-order valence-corrected chi connectivity index (χ3v) is 3.21. The predicted octanol–water partition coefficient (Wildman–Crippen LogP) is 1.81. The lowest BCUT2D eigenvalue weighted by Crippen LogP contribution is -2.15. The Morgan fingerprint density at radius 3 is 2.93 bits per heavy atom. The van der Waals surface area contributed by atoms with Crippen molar-refractivity contribution in [3.05, 3.63) is 30.7 Å². The smallest absolute Gasteiger partial charge is 0.341 e. The van der Waals surface area contributed by atoms with Crippen molar-refractivity contribution >= 4 is 40.2 Å². The Morgan fingerprint density at radius 1 is 1.71 bits per heavy atom. The predicted molar refractivity (Wildman–Crippen MR) is 60.7 cm³/mol. The third-order valence-electron chi connectivity index (χ3n) is 1.47. The lowest BCUT2D eigenvalue weighted by molar-refractivity contribution is 0.0526. The van der Waals surface area contributed by atoms with Gasteiger partial charge in [-0.1, -0.05) is 11.6 Å². The molecule has 1 aromatic heterocycles. The first-order chi connectivity index (χ1) is 6.57. The van der Waals surface area contributed by atoms with Crippen LogP contribution in [0.3, 0.4) is 0 Å². The zero-order valence-corrected chi connectivity index (χ0v) is 10.2. The molecule has 1 rings (SSSR count). The van der Waals surface area contributed by atoms with Gasteiger partial charge >= 0.3 is 5.97 Å². The number of carbonyl (C=O) groups excluding carboxylic acids is 1. The highest BCUT2D eigenvalue weighted by molar-refractivity contribution is 14.1. The molecule has 1 aromatic rings. The summed E-state index contributed by atoms with van der Waals surface area (Å²) in [5, 5.41) is 0.132. The van der Waals surface area contributed by atoms with E-state index in [9.17, 15) is 9.59 Å². The van der Waals surface area contributed by atoms with Gasteiger partial charge in [0, 0.05) is 6.20 Å². The van der Waals surface area contributed by atoms with E-state index in [1.807, 2.05) is 0 Å². The molecule has 0 aliphatic heterocycles. The van der Waals surface area contributed by atoms with Gasteiger partial charge in [-0.3, -0.25) is 4.79 Å². The second-order valence-corrected chi connectivity index (χ2v) is 3.84. The van der Waals surface area contributed by atoms with Gasteiger partial charge in [-0.2, -0.15) is 0 Å². The molecule has 0 aliphatic rings. The first kappa shape index (κ1) is 11.5. The molecule has 0 unspecified atom stereocenters. The molecule has 0 fully saturated rings. The zero-order valence-electron chi connectivity index (χ0n) is 7.27. The molecule has 0 saturated heterocycles. The molecule has 0 amide bonds. The van der Waals surface area contributed by atoms with Crippen LogP contribution in [0, 0.1) is 3.57 Å². The number of hydrogen-bond acceptors (Lipinski definition) is 3. The second-order valence-electron chi connectivity index (χ2n) is 2.38. The Morgan fingerprint density at radius 2 is 2.36 bits per heavy atom. The molecular formula is C8H7ClINO3. The molecule has 0 atom stereocenters. The summed E-state index contributed by atoms with van der Waals surface area (Å²) in [6.07, 6.45) is 1.25. The molecule has 4 nitrogen and oxygen atoms in total. The van der Waals surface area contributed by atoms with Crippen molar-refractivity contribution in [2.75, 3.05) is 6.61 Å². The van der Waals surface area contributed by atoms with Crippen LogP contribution in [0.4, 0.5) is 0 Å². The van der Waals surface area contributed by atoms with Gasteiger partial charge in [-0.05, 0) is 29.5 Å². The number of esters is 1. The first-order valence-corrected chi connectivity index (χ1v) is 5.27. The van der Waals surface area contributed by atoms with Crippen LogP contribution in [-0.2, 0) is 4.74 Å². The number of ether oxygens (including phenoxy) is 1. The summed E-state index contributed by atoms with van der Waals surface area (Å²) < 4.78 is 5.04. The maximum Gasteiger partial charge on any atom is 0.341 e. The van der Waals surface area contributed by atoms with E-state index in [0.717, 1.165) is 0 Å². The number of H-pyrrole nitrogens is 1. The zero-order chi connectivity index (χ0) is 10.7. The fraction of sp³-hybridized carbons (Fsp3) is 0.250. The minimum absolute atomic E-state index is 0.132. The Labute approximate surface area is 98.7 Å². The summed E-state index contributed by atoms with van der Waals surface area (Å²) in [6.45, 7) is 1.97. The van der Waals surface area contributed by atoms with E-state index in [-0.39, 0.29) is 26.3 Å². The van der Waals surface area contributed by atoms with Crippen molar-refractivity contribution in [1.29, 1.82) is 0 Å². The van der Waals surface area contributed by atoms with Gasteiger partial charge in [0.05, 0.1) is 20.8 Å². The van der Waals surface area contributed by atoms with E-state index in [4.69, 9.17) is 16.3 Å². The van der Waals surface area contributed by atoms with Crippen molar-refractivity contribution in [1.82, 2.24) is 4.98 Å². The lowest BCUT2D eigenvalue weighted by atomic mass is 10.3. The standard InChI is InChI=1S/C8H7ClINO3/c1-2-14-8(13)4-3-11-7(12)6(10)5(4)9/h3H,2H2,1H3,(H,11,12). The van der Waals surface area contributed by atoms with Crippen LogP contribution >= 0.6 is 34.2 Å². The Bertz CT molecular complexity index is 416. The molecule has 0 aliphatic carbocycles. The molecule has 14 heavy (non-hydrogen) atoms. The van der Waals surface area contributed by atoms with Gasteiger partial charge in [0.2, 0.25) is 0 Å². The summed E-state index contributed by atoms with van der Waals surface area (Å²) in [5.41, 5.74) is -0.138. The van der Waals surface area contributed by atoms with E-state index < -0.39 is 5.97 Å². The Kier molecular flexibility index (Phi) is 3.94. The molecular weight excluding hydrogens is 320 g/mol. The summed E-state index contributed by atoms with van der Waals surface area (Å²) in [4.78, 5) is 24.8. The van der Waals surface area contributed by atoms with Crippen LogP contribution in [0.25, 0.3) is 0 Å². The normalized spacial score (nSPS) is 9.93. The number of rotatable bonds is 2. The molecule has 0 saturated carbocycles. The summed E-state index contributed by atoms with van der Waals surface area (Å²) >= 11 is 7.57. The number of hydrogen-bond donors (Lipinski definition) is 1.